The molecule has 1 fully saturated rings. The van der Waals surface area contributed by atoms with Gasteiger partial charge in [0.05, 0.1) is 36.4 Å². The summed E-state index contributed by atoms with van der Waals surface area (Å²) in [7, 11) is 1.03. The van der Waals surface area contributed by atoms with Crippen molar-refractivity contribution in [3.8, 4) is 0 Å². The Morgan fingerprint density at radius 3 is 2.15 bits per heavy atom. The number of amides is 2. The summed E-state index contributed by atoms with van der Waals surface area (Å²) >= 11 is 0. The van der Waals surface area contributed by atoms with E-state index >= 15 is 0 Å². The Hall–Kier alpha value is -1.88. The summed E-state index contributed by atoms with van der Waals surface area (Å²) in [6.07, 6.45) is 6.24. The minimum absolute atomic E-state index is 0.137. The van der Waals surface area contributed by atoms with Gasteiger partial charge < -0.3 is 4.85 Å². The second-order valence-electron chi connectivity index (χ2n) is 11.5. The lowest BCUT2D eigenvalue weighted by molar-refractivity contribution is -0.842. The van der Waals surface area contributed by atoms with Crippen LogP contribution in [0.25, 0.3) is 4.85 Å². The molecule has 0 bridgehead atoms. The molecule has 2 amide bonds. The van der Waals surface area contributed by atoms with Crippen LogP contribution in [0, 0.1) is 6.57 Å². The third kappa shape index (κ3) is 7.45. The fourth-order valence-corrected chi connectivity index (χ4v) is 7.53. The maximum Gasteiger partial charge on any atom is 0.419 e. The smallest absolute Gasteiger partial charge is 0.314 e. The molecule has 3 atom stereocenters. The van der Waals surface area contributed by atoms with Crippen LogP contribution in [0.15, 0.2) is 24.3 Å². The van der Waals surface area contributed by atoms with Crippen LogP contribution < -0.4 is 0 Å². The van der Waals surface area contributed by atoms with Crippen molar-refractivity contribution >= 4 is 20.3 Å². The molecule has 2 aliphatic heterocycles. The molecular formula is C30H48N4O4P+. The molecule has 0 spiro atoms. The number of benzene rings is 1. The van der Waals surface area contributed by atoms with Gasteiger partial charge in [-0.25, -0.2) is 6.57 Å². The van der Waals surface area contributed by atoms with Crippen molar-refractivity contribution in [2.24, 2.45) is 0 Å². The fraction of sp³-hybridized carbons (Fsp3) is 0.700. The molecular weight excluding hydrogens is 511 g/mol. The molecule has 0 aliphatic carbocycles. The number of rotatable bonds is 16. The normalized spacial score (nSPS) is 20.7. The van der Waals surface area contributed by atoms with E-state index in [-0.39, 0.29) is 17.9 Å². The van der Waals surface area contributed by atoms with E-state index < -0.39 is 8.53 Å². The van der Waals surface area contributed by atoms with Crippen molar-refractivity contribution in [3.05, 3.63) is 46.8 Å². The SMILES string of the molecule is [C-]#[N+]CCOP(O[C@H]1C[C@@H](CC)N(CCCCCCN2C(=O)c3ccccc3C2=O)C1)[N+](C)(C(C)C)C(C)C. The van der Waals surface area contributed by atoms with Gasteiger partial charge in [0, 0.05) is 19.1 Å². The van der Waals surface area contributed by atoms with E-state index in [4.69, 9.17) is 15.6 Å². The van der Waals surface area contributed by atoms with Crippen LogP contribution in [0.3, 0.4) is 0 Å². The van der Waals surface area contributed by atoms with Crippen molar-refractivity contribution in [2.45, 2.75) is 97.4 Å². The predicted octanol–water partition coefficient (Wildman–Crippen LogP) is 6.14. The highest BCUT2D eigenvalue weighted by Crippen LogP contribution is 2.54. The van der Waals surface area contributed by atoms with E-state index in [9.17, 15) is 9.59 Å². The Bertz CT molecular complexity index is 968. The molecule has 216 valence electrons. The zero-order chi connectivity index (χ0) is 28.6. The molecule has 1 unspecified atom stereocenters. The average molecular weight is 560 g/mol. The number of quaternary nitrogens is 1. The Kier molecular flexibility index (Phi) is 11.9. The first-order chi connectivity index (χ1) is 18.6. The molecule has 1 saturated heterocycles. The second kappa shape index (κ2) is 14.7. The van der Waals surface area contributed by atoms with Gasteiger partial charge in [0.2, 0.25) is 6.54 Å². The number of likely N-dealkylation sites (tertiary alicyclic amines) is 1. The van der Waals surface area contributed by atoms with E-state index in [1.54, 1.807) is 24.3 Å². The Balaban J connectivity index is 1.46. The molecule has 39 heavy (non-hydrogen) atoms. The summed E-state index contributed by atoms with van der Waals surface area (Å²) in [6.45, 7) is 21.5. The number of imide groups is 1. The third-order valence-corrected chi connectivity index (χ3v) is 11.0. The molecule has 9 heteroatoms. The van der Waals surface area contributed by atoms with Gasteiger partial charge in [0.1, 0.15) is 6.61 Å². The highest BCUT2D eigenvalue weighted by Gasteiger charge is 2.46. The minimum Gasteiger partial charge on any atom is -0.314 e. The van der Waals surface area contributed by atoms with Gasteiger partial charge in [-0.05, 0) is 72.1 Å². The molecule has 0 radical (unpaired) electrons. The maximum atomic E-state index is 12.6. The van der Waals surface area contributed by atoms with Gasteiger partial charge in [-0.3, -0.25) is 32.7 Å². The molecule has 8 nitrogen and oxygen atoms in total. The average Bonchev–Trinajstić information content (AvgIpc) is 3.42. The van der Waals surface area contributed by atoms with Gasteiger partial charge in [-0.15, -0.1) is 0 Å². The topological polar surface area (TPSA) is 63.4 Å². The van der Waals surface area contributed by atoms with Gasteiger partial charge in [-0.2, -0.15) is 0 Å². The van der Waals surface area contributed by atoms with E-state index in [0.29, 0.717) is 53.2 Å². The highest BCUT2D eigenvalue weighted by molar-refractivity contribution is 7.40. The predicted molar refractivity (Wildman–Crippen MR) is 156 cm³/mol. The quantitative estimate of drug-likeness (QED) is 0.105. The Morgan fingerprint density at radius 2 is 1.62 bits per heavy atom. The zero-order valence-corrected chi connectivity index (χ0v) is 25.7. The lowest BCUT2D eigenvalue weighted by Crippen LogP contribution is -2.51. The Labute approximate surface area is 237 Å². The van der Waals surface area contributed by atoms with Crippen LogP contribution >= 0.6 is 8.53 Å². The molecule has 0 N–H and O–H groups in total. The molecule has 0 saturated carbocycles. The van der Waals surface area contributed by atoms with E-state index in [1.165, 1.54) is 4.90 Å². The fourth-order valence-electron chi connectivity index (χ4n) is 5.62. The Morgan fingerprint density at radius 1 is 1.03 bits per heavy atom. The largest absolute Gasteiger partial charge is 0.419 e. The number of nitrogens with zero attached hydrogens (tertiary/aromatic N) is 4. The standard InChI is InChI=1S/C30H48N4O4P/c1-8-25-21-26(38-39(37-20-17-31-6)34(7,23(2)3)24(4)5)22-32(25)18-13-9-10-14-19-33-29(35)27-15-11-12-16-28(27)30(33)36/h11-12,15-16,23-26H,8-10,13-14,17-22H2,1-5,7H3/q+1/t25-,26+,39?/m1/s1. The summed E-state index contributed by atoms with van der Waals surface area (Å²) in [4.78, 5) is 32.5. The summed E-state index contributed by atoms with van der Waals surface area (Å²) < 4.78 is 13.7. The molecule has 2 aliphatic rings. The van der Waals surface area contributed by atoms with Crippen molar-refractivity contribution < 1.29 is 22.9 Å². The highest BCUT2D eigenvalue weighted by atomic mass is 31.2. The second-order valence-corrected chi connectivity index (χ2v) is 13.3. The summed E-state index contributed by atoms with van der Waals surface area (Å²) in [5, 5.41) is 0. The van der Waals surface area contributed by atoms with Crippen molar-refractivity contribution in [1.29, 1.82) is 0 Å². The molecule has 1 aromatic carbocycles. The lowest BCUT2D eigenvalue weighted by Gasteiger charge is -2.44. The lowest BCUT2D eigenvalue weighted by atomic mass is 10.1. The number of fused-ring (bicyclic) bond motifs is 1. The number of unbranched alkanes of at least 4 members (excludes halogenated alkanes) is 3. The van der Waals surface area contributed by atoms with E-state index in [2.05, 4.69) is 51.4 Å². The zero-order valence-electron chi connectivity index (χ0n) is 24.8. The van der Waals surface area contributed by atoms with Crippen LogP contribution in [-0.4, -0.2) is 89.9 Å². The van der Waals surface area contributed by atoms with E-state index in [0.717, 1.165) is 51.6 Å². The minimum atomic E-state index is -1.19. The van der Waals surface area contributed by atoms with Crippen LogP contribution in [0.2, 0.25) is 0 Å². The summed E-state index contributed by atoms with van der Waals surface area (Å²) in [5.41, 5.74) is 1.06. The molecule has 0 aromatic heterocycles. The van der Waals surface area contributed by atoms with Gasteiger partial charge in [0.15, 0.2) is 0 Å². The summed E-state index contributed by atoms with van der Waals surface area (Å²) in [5.74, 6) is -0.320. The van der Waals surface area contributed by atoms with Crippen molar-refractivity contribution in [1.82, 2.24) is 9.80 Å². The number of carbonyl (C=O) groups excluding carboxylic acids is 2. The van der Waals surface area contributed by atoms with E-state index in [1.807, 2.05) is 0 Å². The van der Waals surface area contributed by atoms with Gasteiger partial charge >= 0.3 is 8.53 Å². The molecule has 3 rings (SSSR count). The molecule has 2 heterocycles. The van der Waals surface area contributed by atoms with Crippen molar-refractivity contribution in [2.75, 3.05) is 39.8 Å². The van der Waals surface area contributed by atoms with Crippen LogP contribution in [0.5, 0.6) is 0 Å². The van der Waals surface area contributed by atoms with Crippen LogP contribution in [-0.2, 0) is 9.05 Å². The number of carbonyl (C=O) groups is 2. The van der Waals surface area contributed by atoms with Crippen LogP contribution in [0.1, 0.15) is 93.9 Å². The number of hydrogen-bond donors (Lipinski definition) is 0. The molecule has 1 aromatic rings. The van der Waals surface area contributed by atoms with Gasteiger partial charge in [0.25, 0.3) is 11.8 Å². The number of hydrogen-bond acceptors (Lipinski definition) is 5. The first kappa shape index (κ1) is 31.6. The monoisotopic (exact) mass is 559 g/mol. The first-order valence-electron chi connectivity index (χ1n) is 14.6. The van der Waals surface area contributed by atoms with Crippen molar-refractivity contribution in [3.63, 3.8) is 0 Å². The third-order valence-electron chi connectivity index (χ3n) is 8.50. The van der Waals surface area contributed by atoms with Gasteiger partial charge in [-0.1, -0.05) is 31.9 Å². The summed E-state index contributed by atoms with van der Waals surface area (Å²) in [6, 6.07) is 8.29. The first-order valence-corrected chi connectivity index (χ1v) is 15.8. The maximum absolute atomic E-state index is 12.6. The van der Waals surface area contributed by atoms with Crippen LogP contribution in [0.4, 0.5) is 0 Å².